The van der Waals surface area contributed by atoms with E-state index in [2.05, 4.69) is 26.2 Å². The first kappa shape index (κ1) is 24.4. The van der Waals surface area contributed by atoms with Crippen molar-refractivity contribution in [1.29, 1.82) is 5.26 Å². The number of amides is 1. The molecule has 36 heavy (non-hydrogen) atoms. The Hall–Kier alpha value is -3.32. The number of halogens is 4. The van der Waals surface area contributed by atoms with Crippen molar-refractivity contribution in [2.75, 3.05) is 24.5 Å². The number of fused-ring (bicyclic) bond motifs is 2. The van der Waals surface area contributed by atoms with Crippen LogP contribution < -0.4 is 4.90 Å². The molecule has 1 fully saturated rings. The SMILES string of the molecule is Cc1nc2ccc(Cl)cc2c(N2CC[C@H](C(=O)N3CCc4c(n[nH]c4C(F)(F)F)C3)[C@H](C)C2)c1C#N. The number of alkyl halides is 3. The third kappa shape index (κ3) is 4.15. The van der Waals surface area contributed by atoms with Crippen molar-refractivity contribution in [3.8, 4) is 6.07 Å². The molecule has 1 amide bonds. The van der Waals surface area contributed by atoms with Crippen LogP contribution in [0, 0.1) is 30.1 Å². The molecule has 1 aromatic carbocycles. The Balaban J connectivity index is 1.36. The lowest BCUT2D eigenvalue weighted by atomic mass is 9.84. The van der Waals surface area contributed by atoms with Gasteiger partial charge in [0.1, 0.15) is 11.8 Å². The summed E-state index contributed by atoms with van der Waals surface area (Å²) in [6.07, 6.45) is -3.81. The molecule has 1 saturated heterocycles. The molecule has 0 radical (unpaired) electrons. The molecule has 0 unspecified atom stereocenters. The number of carbonyl (C=O) groups excluding carboxylic acids is 1. The number of nitriles is 1. The molecule has 1 N–H and O–H groups in total. The maximum absolute atomic E-state index is 13.4. The van der Waals surface area contributed by atoms with Gasteiger partial charge >= 0.3 is 6.18 Å². The first-order chi connectivity index (χ1) is 17.1. The van der Waals surface area contributed by atoms with Crippen LogP contribution in [0.2, 0.25) is 5.02 Å². The maximum Gasteiger partial charge on any atom is 0.433 e. The van der Waals surface area contributed by atoms with Crippen LogP contribution >= 0.6 is 11.6 Å². The number of hydrogen-bond acceptors (Lipinski definition) is 5. The van der Waals surface area contributed by atoms with Gasteiger partial charge in [-0.3, -0.25) is 14.9 Å². The van der Waals surface area contributed by atoms with Gasteiger partial charge in [0.05, 0.1) is 34.7 Å². The lowest BCUT2D eigenvalue weighted by molar-refractivity contribution is -0.142. The van der Waals surface area contributed by atoms with E-state index in [0.717, 1.165) is 16.6 Å². The minimum absolute atomic E-state index is 0.0354. The molecule has 11 heteroatoms. The number of aromatic nitrogens is 3. The fourth-order valence-corrected chi connectivity index (χ4v) is 5.65. The van der Waals surface area contributed by atoms with Gasteiger partial charge in [0.25, 0.3) is 0 Å². The predicted octanol–water partition coefficient (Wildman–Crippen LogP) is 4.86. The molecule has 4 heterocycles. The average Bonchev–Trinajstić information content (AvgIpc) is 3.27. The molecule has 0 saturated carbocycles. The van der Waals surface area contributed by atoms with Crippen molar-refractivity contribution in [1.82, 2.24) is 20.1 Å². The Morgan fingerprint density at radius 1 is 1.31 bits per heavy atom. The number of nitrogens with zero attached hydrogens (tertiary/aromatic N) is 5. The lowest BCUT2D eigenvalue weighted by Crippen LogP contribution is -2.48. The van der Waals surface area contributed by atoms with Gasteiger partial charge < -0.3 is 9.80 Å². The summed E-state index contributed by atoms with van der Waals surface area (Å²) in [6, 6.07) is 7.69. The first-order valence-corrected chi connectivity index (χ1v) is 12.1. The van der Waals surface area contributed by atoms with E-state index in [1.165, 1.54) is 0 Å². The van der Waals surface area contributed by atoms with Gasteiger partial charge in [-0.2, -0.15) is 23.5 Å². The number of H-pyrrole nitrogens is 1. The number of carbonyl (C=O) groups is 1. The number of piperidine rings is 1. The summed E-state index contributed by atoms with van der Waals surface area (Å²) in [4.78, 5) is 21.7. The molecule has 5 rings (SSSR count). The summed E-state index contributed by atoms with van der Waals surface area (Å²) in [5.74, 6) is -0.373. The third-order valence-electron chi connectivity index (χ3n) is 7.27. The second-order valence-corrected chi connectivity index (χ2v) is 9.98. The van der Waals surface area contributed by atoms with Gasteiger partial charge in [0.15, 0.2) is 0 Å². The standard InChI is InChI=1S/C25H24ClF3N6O/c1-13-11-34(22-18-9-15(26)3-4-20(18)31-14(2)19(22)10-30)7-5-16(13)24(36)35-8-6-17-21(12-35)32-33-23(17)25(27,28)29/h3-4,9,13,16H,5-8,11-12H2,1-2H3,(H,32,33)/t13-,16+/m1/s1. The van der Waals surface area contributed by atoms with E-state index in [-0.39, 0.29) is 48.5 Å². The molecule has 3 aromatic rings. The van der Waals surface area contributed by atoms with Gasteiger partial charge in [-0.25, -0.2) is 0 Å². The highest BCUT2D eigenvalue weighted by Crippen LogP contribution is 2.38. The van der Waals surface area contributed by atoms with Crippen LogP contribution in [-0.2, 0) is 23.9 Å². The van der Waals surface area contributed by atoms with E-state index in [9.17, 15) is 23.2 Å². The number of pyridine rings is 1. The van der Waals surface area contributed by atoms with Gasteiger partial charge in [-0.1, -0.05) is 18.5 Å². The lowest BCUT2D eigenvalue weighted by Gasteiger charge is -2.40. The zero-order chi connectivity index (χ0) is 25.8. The van der Waals surface area contributed by atoms with Crippen molar-refractivity contribution in [3.63, 3.8) is 0 Å². The smallest absolute Gasteiger partial charge is 0.370 e. The zero-order valence-electron chi connectivity index (χ0n) is 19.8. The molecule has 2 aromatic heterocycles. The summed E-state index contributed by atoms with van der Waals surface area (Å²) in [7, 11) is 0. The monoisotopic (exact) mass is 516 g/mol. The highest BCUT2D eigenvalue weighted by molar-refractivity contribution is 6.31. The van der Waals surface area contributed by atoms with Gasteiger partial charge in [0.2, 0.25) is 5.91 Å². The molecule has 0 bridgehead atoms. The number of hydrogen-bond donors (Lipinski definition) is 1. The van der Waals surface area contributed by atoms with E-state index in [1.807, 2.05) is 19.1 Å². The molecule has 0 spiro atoms. The normalized spacial score (nSPS) is 20.4. The number of benzene rings is 1. The van der Waals surface area contributed by atoms with E-state index in [4.69, 9.17) is 11.6 Å². The molecule has 7 nitrogen and oxygen atoms in total. The Morgan fingerprint density at radius 2 is 2.08 bits per heavy atom. The summed E-state index contributed by atoms with van der Waals surface area (Å²) < 4.78 is 39.6. The molecular formula is C25H24ClF3N6O. The van der Waals surface area contributed by atoms with E-state index < -0.39 is 11.9 Å². The predicted molar refractivity (Wildman–Crippen MR) is 128 cm³/mol. The maximum atomic E-state index is 13.4. The van der Waals surface area contributed by atoms with Crippen LogP contribution in [0.25, 0.3) is 10.9 Å². The minimum atomic E-state index is -4.49. The van der Waals surface area contributed by atoms with E-state index in [1.54, 1.807) is 17.9 Å². The minimum Gasteiger partial charge on any atom is -0.370 e. The van der Waals surface area contributed by atoms with Gasteiger partial charge in [0, 0.05) is 41.5 Å². The largest absolute Gasteiger partial charge is 0.433 e. The molecule has 2 aliphatic rings. The van der Waals surface area contributed by atoms with Crippen LogP contribution in [-0.4, -0.2) is 45.6 Å². The fraction of sp³-hybridized carbons (Fsp3) is 0.440. The van der Waals surface area contributed by atoms with Crippen LogP contribution in [0.3, 0.4) is 0 Å². The van der Waals surface area contributed by atoms with E-state index in [0.29, 0.717) is 35.8 Å². The Labute approximate surface area is 210 Å². The number of nitrogens with one attached hydrogen (secondary N) is 1. The molecular weight excluding hydrogens is 493 g/mol. The highest BCUT2D eigenvalue weighted by Gasteiger charge is 2.41. The molecule has 2 atom stereocenters. The first-order valence-electron chi connectivity index (χ1n) is 11.8. The average molecular weight is 517 g/mol. The molecule has 2 aliphatic heterocycles. The molecule has 188 valence electrons. The van der Waals surface area contributed by atoms with Crippen LogP contribution in [0.5, 0.6) is 0 Å². The van der Waals surface area contributed by atoms with E-state index >= 15 is 0 Å². The van der Waals surface area contributed by atoms with Crippen molar-refractivity contribution in [3.05, 3.63) is 51.4 Å². The highest BCUT2D eigenvalue weighted by atomic mass is 35.5. The van der Waals surface area contributed by atoms with Crippen molar-refractivity contribution in [2.24, 2.45) is 11.8 Å². The van der Waals surface area contributed by atoms with Crippen molar-refractivity contribution in [2.45, 2.75) is 39.4 Å². The topological polar surface area (TPSA) is 88.9 Å². The van der Waals surface area contributed by atoms with Gasteiger partial charge in [-0.15, -0.1) is 0 Å². The Kier molecular flexibility index (Phi) is 6.07. The summed E-state index contributed by atoms with van der Waals surface area (Å²) in [5, 5.41) is 17.2. The summed E-state index contributed by atoms with van der Waals surface area (Å²) in [5.41, 5.74) is 2.26. The quantitative estimate of drug-likeness (QED) is 0.525. The number of rotatable bonds is 2. The summed E-state index contributed by atoms with van der Waals surface area (Å²) in [6.45, 7) is 5.21. The number of aryl methyl sites for hydroxylation is 1. The van der Waals surface area contributed by atoms with Crippen molar-refractivity contribution >= 4 is 34.1 Å². The number of aromatic amines is 1. The summed E-state index contributed by atoms with van der Waals surface area (Å²) >= 11 is 6.26. The zero-order valence-corrected chi connectivity index (χ0v) is 20.5. The molecule has 0 aliphatic carbocycles. The fourth-order valence-electron chi connectivity index (χ4n) is 5.48. The second-order valence-electron chi connectivity index (χ2n) is 9.54. The number of anilines is 1. The third-order valence-corrected chi connectivity index (χ3v) is 7.51. The second kappa shape index (κ2) is 8.96. The Bertz CT molecular complexity index is 1400. The van der Waals surface area contributed by atoms with Crippen molar-refractivity contribution < 1.29 is 18.0 Å². The van der Waals surface area contributed by atoms with Crippen LogP contribution in [0.15, 0.2) is 18.2 Å². The van der Waals surface area contributed by atoms with Crippen LogP contribution in [0.4, 0.5) is 18.9 Å². The van der Waals surface area contributed by atoms with Crippen LogP contribution in [0.1, 0.15) is 41.6 Å². The Morgan fingerprint density at radius 3 is 2.78 bits per heavy atom. The van der Waals surface area contributed by atoms with Gasteiger partial charge in [-0.05, 0) is 43.9 Å².